The number of anilines is 1. The Labute approximate surface area is 208 Å². The van der Waals surface area contributed by atoms with E-state index in [4.69, 9.17) is 5.73 Å². The molecule has 0 spiro atoms. The molecule has 4 rings (SSSR count). The third-order valence-electron chi connectivity index (χ3n) is 7.48. The van der Waals surface area contributed by atoms with Crippen LogP contribution in [0.3, 0.4) is 0 Å². The molecule has 0 heterocycles. The third kappa shape index (κ3) is 3.59. The number of aliphatic hydroxyl groups excluding tert-OH is 2. The summed E-state index contributed by atoms with van der Waals surface area (Å²) in [5.74, 6) is -6.30. The van der Waals surface area contributed by atoms with Crippen LogP contribution in [0.15, 0.2) is 41.4 Å². The maximum absolute atomic E-state index is 13.8. The number of hydrogen-bond donors (Lipinski definition) is 5. The monoisotopic (exact) mass is 497 g/mol. The van der Waals surface area contributed by atoms with Crippen molar-refractivity contribution in [1.82, 2.24) is 4.90 Å². The molecule has 0 radical (unpaired) electrons. The van der Waals surface area contributed by atoms with Crippen molar-refractivity contribution in [2.75, 3.05) is 32.6 Å². The van der Waals surface area contributed by atoms with Crippen molar-refractivity contribution in [2.24, 2.45) is 17.6 Å². The number of hydrogen-bond acceptors (Lipinski definition) is 9. The molecule has 3 aliphatic carbocycles. The smallest absolute Gasteiger partial charge is 0.255 e. The molecular weight excluding hydrogens is 466 g/mol. The average Bonchev–Trinajstić information content (AvgIpc) is 2.77. The summed E-state index contributed by atoms with van der Waals surface area (Å²) in [6, 6.07) is 1.83. The van der Waals surface area contributed by atoms with Gasteiger partial charge >= 0.3 is 0 Å². The highest BCUT2D eigenvalue weighted by Crippen LogP contribution is 2.52. The molecule has 0 saturated heterocycles. The van der Waals surface area contributed by atoms with Crippen LogP contribution in [0.5, 0.6) is 5.75 Å². The van der Waals surface area contributed by atoms with Crippen LogP contribution in [0.2, 0.25) is 0 Å². The van der Waals surface area contributed by atoms with Crippen molar-refractivity contribution in [3.8, 4) is 5.75 Å². The number of ketones is 2. The maximum Gasteiger partial charge on any atom is 0.255 e. The zero-order chi connectivity index (χ0) is 26.7. The lowest BCUT2D eigenvalue weighted by atomic mass is 9.60. The Balaban J connectivity index is 1.90. The summed E-state index contributed by atoms with van der Waals surface area (Å²) >= 11 is 0. The number of nitrogens with two attached hydrogens (primary N) is 1. The van der Waals surface area contributed by atoms with Crippen molar-refractivity contribution in [3.63, 3.8) is 0 Å². The number of benzene rings is 1. The number of primary amides is 1. The number of likely N-dealkylation sites (N-methyl/N-ethyl adjacent to an activating group) is 1. The van der Waals surface area contributed by atoms with Crippen LogP contribution in [0, 0.1) is 11.8 Å². The van der Waals surface area contributed by atoms with E-state index in [1.165, 1.54) is 0 Å². The largest absolute Gasteiger partial charge is 0.511 e. The number of carbonyl (C=O) groups excluding carboxylic acids is 3. The van der Waals surface area contributed by atoms with Crippen LogP contribution < -0.4 is 10.6 Å². The fourth-order valence-corrected chi connectivity index (χ4v) is 5.82. The van der Waals surface area contributed by atoms with Gasteiger partial charge in [0.05, 0.1) is 5.56 Å². The number of amides is 1. The predicted molar refractivity (Wildman–Crippen MR) is 132 cm³/mol. The molecule has 0 aliphatic heterocycles. The van der Waals surface area contributed by atoms with Gasteiger partial charge in [0.2, 0.25) is 5.78 Å². The molecule has 0 fully saturated rings. The van der Waals surface area contributed by atoms with E-state index in [-0.39, 0.29) is 36.1 Å². The number of aromatic hydroxyl groups is 1. The SMILES string of the molecule is C=CCN(C)Cc1cc(N(C)C)c2c(c1O)C(=O)C1=C(O)[C@]3(O)C(=O)C(C(N)=O)=C(O)C[C@@H]3C[C@@H]1C2. The average molecular weight is 498 g/mol. The summed E-state index contributed by atoms with van der Waals surface area (Å²) in [4.78, 5) is 42.4. The normalized spacial score (nSPS) is 25.5. The number of Topliss-reactive ketones (excluding diaryl/α,β-unsaturated/α-hetero) is 2. The van der Waals surface area contributed by atoms with Crippen LogP contribution in [0.25, 0.3) is 0 Å². The minimum atomic E-state index is -2.57. The van der Waals surface area contributed by atoms with Gasteiger partial charge in [-0.05, 0) is 37.4 Å². The van der Waals surface area contributed by atoms with Crippen molar-refractivity contribution >= 4 is 23.2 Å². The van der Waals surface area contributed by atoms with Gasteiger partial charge in [-0.1, -0.05) is 6.08 Å². The number of phenolic OH excluding ortho intramolecular Hbond substituents is 1. The lowest BCUT2D eigenvalue weighted by Gasteiger charge is -2.46. The lowest BCUT2D eigenvalue weighted by Crippen LogP contribution is -2.57. The van der Waals surface area contributed by atoms with Gasteiger partial charge in [-0.15, -0.1) is 6.58 Å². The van der Waals surface area contributed by atoms with Crippen LogP contribution in [-0.2, 0) is 22.6 Å². The molecule has 36 heavy (non-hydrogen) atoms. The van der Waals surface area contributed by atoms with Crippen LogP contribution >= 0.6 is 0 Å². The first kappa shape index (κ1) is 25.5. The maximum atomic E-state index is 13.8. The number of fused-ring (bicyclic) bond motifs is 3. The van der Waals surface area contributed by atoms with Gasteiger partial charge < -0.3 is 31.1 Å². The first-order valence-electron chi connectivity index (χ1n) is 11.7. The molecule has 6 N–H and O–H groups in total. The number of allylic oxidation sites excluding steroid dienone is 2. The van der Waals surface area contributed by atoms with E-state index in [0.29, 0.717) is 24.2 Å². The Morgan fingerprint density at radius 1 is 1.22 bits per heavy atom. The van der Waals surface area contributed by atoms with E-state index in [2.05, 4.69) is 6.58 Å². The fourth-order valence-electron chi connectivity index (χ4n) is 5.82. The van der Waals surface area contributed by atoms with Crippen molar-refractivity contribution in [2.45, 2.75) is 31.4 Å². The van der Waals surface area contributed by atoms with E-state index < -0.39 is 52.0 Å². The molecule has 1 aromatic carbocycles. The zero-order valence-corrected chi connectivity index (χ0v) is 20.5. The summed E-state index contributed by atoms with van der Waals surface area (Å²) in [5.41, 5.74) is 3.56. The third-order valence-corrected chi connectivity index (χ3v) is 7.48. The van der Waals surface area contributed by atoms with Gasteiger partial charge in [0.1, 0.15) is 22.8 Å². The van der Waals surface area contributed by atoms with Crippen LogP contribution in [0.4, 0.5) is 5.69 Å². The summed E-state index contributed by atoms with van der Waals surface area (Å²) in [7, 11) is 5.49. The Morgan fingerprint density at radius 3 is 2.47 bits per heavy atom. The minimum absolute atomic E-state index is 0.0137. The van der Waals surface area contributed by atoms with E-state index >= 15 is 0 Å². The van der Waals surface area contributed by atoms with Gasteiger partial charge in [0.25, 0.3) is 5.91 Å². The fraction of sp³-hybridized carbons (Fsp3) is 0.423. The number of rotatable bonds is 6. The van der Waals surface area contributed by atoms with Gasteiger partial charge in [0, 0.05) is 56.3 Å². The summed E-state index contributed by atoms with van der Waals surface area (Å²) in [5, 5.41) is 44.0. The number of aliphatic hydroxyl groups is 3. The second-order valence-corrected chi connectivity index (χ2v) is 10.0. The lowest BCUT2D eigenvalue weighted by molar-refractivity contribution is -0.144. The second-order valence-electron chi connectivity index (χ2n) is 10.0. The van der Waals surface area contributed by atoms with Gasteiger partial charge in [-0.3, -0.25) is 19.3 Å². The van der Waals surface area contributed by atoms with Crippen molar-refractivity contribution in [3.05, 3.63) is 58.1 Å². The first-order chi connectivity index (χ1) is 16.8. The van der Waals surface area contributed by atoms with Crippen LogP contribution in [0.1, 0.15) is 34.3 Å². The zero-order valence-electron chi connectivity index (χ0n) is 20.5. The van der Waals surface area contributed by atoms with E-state index in [9.17, 15) is 34.8 Å². The predicted octanol–water partition coefficient (Wildman–Crippen LogP) is 1.26. The Kier molecular flexibility index (Phi) is 6.22. The number of nitrogens with zero attached hydrogens (tertiary/aromatic N) is 2. The van der Waals surface area contributed by atoms with Gasteiger partial charge in [0.15, 0.2) is 11.4 Å². The molecule has 3 atom stereocenters. The Morgan fingerprint density at radius 2 is 1.89 bits per heavy atom. The highest BCUT2D eigenvalue weighted by molar-refractivity contribution is 6.24. The molecule has 1 amide bonds. The molecule has 3 aliphatic rings. The van der Waals surface area contributed by atoms with Crippen molar-refractivity contribution < 1.29 is 34.8 Å². The van der Waals surface area contributed by atoms with Crippen molar-refractivity contribution in [1.29, 1.82) is 0 Å². The van der Waals surface area contributed by atoms with Gasteiger partial charge in [-0.2, -0.15) is 0 Å². The summed E-state index contributed by atoms with van der Waals surface area (Å²) in [6.45, 7) is 4.59. The van der Waals surface area contributed by atoms with Crippen LogP contribution in [-0.4, -0.2) is 76.1 Å². The van der Waals surface area contributed by atoms with E-state index in [0.717, 1.165) is 5.69 Å². The molecule has 10 heteroatoms. The minimum Gasteiger partial charge on any atom is -0.511 e. The highest BCUT2D eigenvalue weighted by atomic mass is 16.3. The molecule has 0 aromatic heterocycles. The summed E-state index contributed by atoms with van der Waals surface area (Å²) < 4.78 is 0. The number of carbonyl (C=O) groups is 3. The molecular formula is C26H31N3O7. The molecule has 0 unspecified atom stereocenters. The van der Waals surface area contributed by atoms with E-state index in [1.807, 2.05) is 37.0 Å². The van der Waals surface area contributed by atoms with Gasteiger partial charge in [-0.25, -0.2) is 0 Å². The number of phenols is 1. The summed E-state index contributed by atoms with van der Waals surface area (Å²) in [6.07, 6.45) is 1.82. The topological polar surface area (TPSA) is 165 Å². The quantitative estimate of drug-likeness (QED) is 0.287. The second kappa shape index (κ2) is 8.79. The Hall–Kier alpha value is -3.63. The first-order valence-corrected chi connectivity index (χ1v) is 11.7. The Bertz CT molecular complexity index is 1260. The molecule has 1 aromatic rings. The molecule has 192 valence electrons. The molecule has 10 nitrogen and oxygen atoms in total. The standard InChI is InChI=1S/C26H31N3O7/c1-5-6-29(4)11-13-9-16(28(2)3)15-8-12-7-14-10-17(30)20(25(27)35)24(34)26(14,36)23(33)18(12)22(32)19(15)21(13)31/h5,9,12,14,30-31,33,36H,1,6-8,10-11H2,2-4H3,(H2,27,35)/t12-,14+,26+/m1/s1. The molecule has 0 saturated carbocycles. The molecule has 0 bridgehead atoms. The highest BCUT2D eigenvalue weighted by Gasteiger charge is 2.59. The van der Waals surface area contributed by atoms with E-state index in [1.54, 1.807) is 6.08 Å².